The molecule has 112 valence electrons. The number of rotatable bonds is 7. The van der Waals surface area contributed by atoms with Crippen molar-refractivity contribution in [3.63, 3.8) is 0 Å². The number of nitrogens with zero attached hydrogens (tertiary/aromatic N) is 1. The zero-order chi connectivity index (χ0) is 15.1. The Kier molecular flexibility index (Phi) is 6.45. The van der Waals surface area contributed by atoms with Gasteiger partial charge in [0.05, 0.1) is 5.69 Å². The fourth-order valence-corrected chi connectivity index (χ4v) is 1.77. The Bertz CT molecular complexity index is 449. The molecule has 0 bridgehead atoms. The summed E-state index contributed by atoms with van der Waals surface area (Å²) in [4.78, 5) is 13.4. The van der Waals surface area contributed by atoms with Gasteiger partial charge in [0.2, 0.25) is 5.91 Å². The molecule has 0 radical (unpaired) electrons. The Morgan fingerprint density at radius 2 is 2.10 bits per heavy atom. The summed E-state index contributed by atoms with van der Waals surface area (Å²) in [6.45, 7) is 4.05. The van der Waals surface area contributed by atoms with Crippen LogP contribution in [0, 0.1) is 5.82 Å². The molecule has 1 amide bonds. The molecule has 0 unspecified atom stereocenters. The standard InChI is InChI=1S/C15H23FN2O2/c1-11(2)18(3)14-8-7-12(10-13(14)16)17-15(20)6-4-5-9-19/h7-8,10-11,19H,4-6,9H2,1-3H3,(H,17,20). The summed E-state index contributed by atoms with van der Waals surface area (Å²) in [5.41, 5.74) is 0.968. The van der Waals surface area contributed by atoms with Gasteiger partial charge in [-0.25, -0.2) is 4.39 Å². The average molecular weight is 282 g/mol. The minimum atomic E-state index is -0.352. The largest absolute Gasteiger partial charge is 0.396 e. The number of nitrogens with one attached hydrogen (secondary N) is 1. The highest BCUT2D eigenvalue weighted by molar-refractivity contribution is 5.90. The van der Waals surface area contributed by atoms with Gasteiger partial charge in [-0.15, -0.1) is 0 Å². The van der Waals surface area contributed by atoms with E-state index in [9.17, 15) is 9.18 Å². The molecule has 0 saturated heterocycles. The molecule has 5 heteroatoms. The summed E-state index contributed by atoms with van der Waals surface area (Å²) in [5.74, 6) is -0.517. The van der Waals surface area contributed by atoms with Crippen LogP contribution >= 0.6 is 0 Å². The monoisotopic (exact) mass is 282 g/mol. The Hall–Kier alpha value is -1.62. The second-order valence-electron chi connectivity index (χ2n) is 5.10. The Morgan fingerprint density at radius 3 is 2.65 bits per heavy atom. The van der Waals surface area contributed by atoms with Crippen LogP contribution < -0.4 is 10.2 Å². The number of halogens is 1. The lowest BCUT2D eigenvalue weighted by atomic mass is 10.2. The summed E-state index contributed by atoms with van der Waals surface area (Å²) >= 11 is 0. The van der Waals surface area contributed by atoms with Crippen molar-refractivity contribution in [1.29, 1.82) is 0 Å². The number of amides is 1. The molecule has 0 saturated carbocycles. The molecule has 0 aliphatic heterocycles. The van der Waals surface area contributed by atoms with E-state index in [1.54, 1.807) is 12.1 Å². The van der Waals surface area contributed by atoms with E-state index >= 15 is 0 Å². The Morgan fingerprint density at radius 1 is 1.40 bits per heavy atom. The van der Waals surface area contributed by atoms with Crippen molar-refractivity contribution in [1.82, 2.24) is 0 Å². The first kappa shape index (κ1) is 16.4. The van der Waals surface area contributed by atoms with Crippen molar-refractivity contribution in [2.24, 2.45) is 0 Å². The second-order valence-corrected chi connectivity index (χ2v) is 5.10. The Balaban J connectivity index is 2.65. The van der Waals surface area contributed by atoms with Crippen molar-refractivity contribution in [2.45, 2.75) is 39.2 Å². The molecule has 4 nitrogen and oxygen atoms in total. The third-order valence-corrected chi connectivity index (χ3v) is 3.20. The van der Waals surface area contributed by atoms with Crippen molar-refractivity contribution < 1.29 is 14.3 Å². The van der Waals surface area contributed by atoms with Crippen molar-refractivity contribution in [2.75, 3.05) is 23.9 Å². The molecule has 1 aromatic carbocycles. The smallest absolute Gasteiger partial charge is 0.224 e. The van der Waals surface area contributed by atoms with Gasteiger partial charge < -0.3 is 15.3 Å². The van der Waals surface area contributed by atoms with E-state index in [4.69, 9.17) is 5.11 Å². The summed E-state index contributed by atoms with van der Waals surface area (Å²) in [6.07, 6.45) is 1.55. The zero-order valence-corrected chi connectivity index (χ0v) is 12.3. The van der Waals surface area contributed by atoms with Gasteiger partial charge in [-0.2, -0.15) is 0 Å². The highest BCUT2D eigenvalue weighted by Crippen LogP contribution is 2.23. The van der Waals surface area contributed by atoms with Gasteiger partial charge in [-0.1, -0.05) is 0 Å². The number of carbonyl (C=O) groups is 1. The van der Waals surface area contributed by atoms with Crippen LogP contribution in [-0.4, -0.2) is 30.7 Å². The van der Waals surface area contributed by atoms with Gasteiger partial charge in [0.1, 0.15) is 5.82 Å². The SMILES string of the molecule is CC(C)N(C)c1ccc(NC(=O)CCCCO)cc1F. The number of anilines is 2. The minimum Gasteiger partial charge on any atom is -0.396 e. The maximum absolute atomic E-state index is 14.0. The first-order valence-electron chi connectivity index (χ1n) is 6.88. The summed E-state index contributed by atoms with van der Waals surface area (Å²) in [6, 6.07) is 4.89. The van der Waals surface area contributed by atoms with Crippen molar-refractivity contribution >= 4 is 17.3 Å². The van der Waals surface area contributed by atoms with Crippen LogP contribution in [0.2, 0.25) is 0 Å². The predicted molar refractivity (Wildman–Crippen MR) is 79.5 cm³/mol. The van der Waals surface area contributed by atoms with E-state index in [-0.39, 0.29) is 24.4 Å². The topological polar surface area (TPSA) is 52.6 Å². The third kappa shape index (κ3) is 4.81. The van der Waals surface area contributed by atoms with Crippen LogP contribution in [0.25, 0.3) is 0 Å². The lowest BCUT2D eigenvalue weighted by Gasteiger charge is -2.24. The molecule has 0 aromatic heterocycles. The van der Waals surface area contributed by atoms with Crippen molar-refractivity contribution in [3.8, 4) is 0 Å². The highest BCUT2D eigenvalue weighted by atomic mass is 19.1. The number of aliphatic hydroxyl groups excluding tert-OH is 1. The predicted octanol–water partition coefficient (Wildman–Crippen LogP) is 2.77. The maximum Gasteiger partial charge on any atom is 0.224 e. The molecule has 0 aliphatic rings. The molecule has 0 heterocycles. The molecular formula is C15H23FN2O2. The van der Waals surface area contributed by atoms with E-state index in [0.717, 1.165) is 0 Å². The van der Waals surface area contributed by atoms with E-state index in [2.05, 4.69) is 5.32 Å². The lowest BCUT2D eigenvalue weighted by molar-refractivity contribution is -0.116. The highest BCUT2D eigenvalue weighted by Gasteiger charge is 2.11. The van der Waals surface area contributed by atoms with Gasteiger partial charge in [-0.3, -0.25) is 4.79 Å². The number of carbonyl (C=O) groups excluding carboxylic acids is 1. The van der Waals surface area contributed by atoms with E-state index in [1.165, 1.54) is 6.07 Å². The van der Waals surface area contributed by atoms with Crippen molar-refractivity contribution in [3.05, 3.63) is 24.0 Å². The van der Waals surface area contributed by atoms with Crippen LogP contribution in [0.4, 0.5) is 15.8 Å². The van der Waals surface area contributed by atoms with Gasteiger partial charge in [0, 0.05) is 31.8 Å². The van der Waals surface area contributed by atoms with Gasteiger partial charge in [-0.05, 0) is 44.9 Å². The van der Waals surface area contributed by atoms with E-state index in [1.807, 2.05) is 25.8 Å². The fourth-order valence-electron chi connectivity index (χ4n) is 1.77. The molecular weight excluding hydrogens is 259 g/mol. The number of unbranched alkanes of at least 4 members (excludes halogenated alkanes) is 1. The molecule has 1 rings (SSSR count). The van der Waals surface area contributed by atoms with E-state index in [0.29, 0.717) is 30.6 Å². The first-order chi connectivity index (χ1) is 9.45. The molecule has 1 aromatic rings. The lowest BCUT2D eigenvalue weighted by Crippen LogP contribution is -2.26. The molecule has 20 heavy (non-hydrogen) atoms. The van der Waals surface area contributed by atoms with Crippen LogP contribution in [0.3, 0.4) is 0 Å². The Labute approximate surface area is 119 Å². The zero-order valence-electron chi connectivity index (χ0n) is 12.3. The molecule has 0 aliphatic carbocycles. The summed E-state index contributed by atoms with van der Waals surface area (Å²) in [7, 11) is 1.83. The summed E-state index contributed by atoms with van der Waals surface area (Å²) < 4.78 is 14.0. The van der Waals surface area contributed by atoms with Crippen LogP contribution in [0.5, 0.6) is 0 Å². The molecule has 2 N–H and O–H groups in total. The normalized spacial score (nSPS) is 10.7. The first-order valence-corrected chi connectivity index (χ1v) is 6.88. The molecule has 0 fully saturated rings. The number of hydrogen-bond acceptors (Lipinski definition) is 3. The quantitative estimate of drug-likeness (QED) is 0.756. The molecule has 0 atom stereocenters. The van der Waals surface area contributed by atoms with Crippen LogP contribution in [0.1, 0.15) is 33.1 Å². The van der Waals surface area contributed by atoms with Crippen LogP contribution in [0.15, 0.2) is 18.2 Å². The van der Waals surface area contributed by atoms with Gasteiger partial charge in [0.15, 0.2) is 0 Å². The van der Waals surface area contributed by atoms with E-state index < -0.39 is 0 Å². The van der Waals surface area contributed by atoms with Gasteiger partial charge >= 0.3 is 0 Å². The number of benzene rings is 1. The fraction of sp³-hybridized carbons (Fsp3) is 0.533. The summed E-state index contributed by atoms with van der Waals surface area (Å²) in [5, 5.41) is 11.3. The minimum absolute atomic E-state index is 0.0815. The maximum atomic E-state index is 14.0. The van der Waals surface area contributed by atoms with Gasteiger partial charge in [0.25, 0.3) is 0 Å². The van der Waals surface area contributed by atoms with Crippen LogP contribution in [-0.2, 0) is 4.79 Å². The third-order valence-electron chi connectivity index (χ3n) is 3.20. The molecule has 0 spiro atoms. The number of aliphatic hydroxyl groups is 1. The average Bonchev–Trinajstić information content (AvgIpc) is 2.38. The number of hydrogen-bond donors (Lipinski definition) is 2. The second kappa shape index (κ2) is 7.85.